The molecule has 2 aromatic rings. The van der Waals surface area contributed by atoms with Crippen LogP contribution in [0.1, 0.15) is 31.2 Å². The highest BCUT2D eigenvalue weighted by Crippen LogP contribution is 2.26. The topological polar surface area (TPSA) is 38.8 Å². The highest BCUT2D eigenvalue weighted by Gasteiger charge is 2.34. The second-order valence-corrected chi connectivity index (χ2v) is 8.73. The second-order valence-electron chi connectivity index (χ2n) is 8.73. The van der Waals surface area contributed by atoms with Crippen LogP contribution in [0.3, 0.4) is 0 Å². The molecule has 0 bridgehead atoms. The number of carbonyl (C=O) groups excluding carboxylic acids is 1. The van der Waals surface area contributed by atoms with E-state index in [1.54, 1.807) is 0 Å². The van der Waals surface area contributed by atoms with Crippen molar-refractivity contribution in [3.63, 3.8) is 0 Å². The predicted molar refractivity (Wildman–Crippen MR) is 123 cm³/mol. The molecular weight excluding hydrogens is 372 g/mol. The molecule has 2 fully saturated rings. The van der Waals surface area contributed by atoms with E-state index in [4.69, 9.17) is 0 Å². The van der Waals surface area contributed by atoms with Crippen molar-refractivity contribution in [1.82, 2.24) is 14.7 Å². The Morgan fingerprint density at radius 3 is 2.00 bits per heavy atom. The summed E-state index contributed by atoms with van der Waals surface area (Å²) in [6, 6.07) is 21.2. The number of anilines is 1. The fraction of sp³-hybridized carbons (Fsp3) is 0.480. The predicted octanol–water partition coefficient (Wildman–Crippen LogP) is 4.28. The van der Waals surface area contributed by atoms with Crippen molar-refractivity contribution in [3.8, 4) is 0 Å². The maximum Gasteiger partial charge on any atom is 0.322 e. The Labute approximate surface area is 180 Å². The molecule has 30 heavy (non-hydrogen) atoms. The van der Waals surface area contributed by atoms with Crippen LogP contribution in [0, 0.1) is 0 Å². The van der Waals surface area contributed by atoms with Gasteiger partial charge < -0.3 is 15.1 Å². The fourth-order valence-corrected chi connectivity index (χ4v) is 4.81. The van der Waals surface area contributed by atoms with E-state index in [1.807, 2.05) is 30.3 Å². The second kappa shape index (κ2) is 10.1. The first-order valence-electron chi connectivity index (χ1n) is 11.3. The zero-order valence-electron chi connectivity index (χ0n) is 18.0. The van der Waals surface area contributed by atoms with Crippen LogP contribution in [-0.2, 0) is 6.54 Å². The number of para-hydroxylation sites is 1. The van der Waals surface area contributed by atoms with Gasteiger partial charge >= 0.3 is 6.03 Å². The lowest BCUT2D eigenvalue weighted by Gasteiger charge is -2.44. The molecule has 0 saturated carbocycles. The summed E-state index contributed by atoms with van der Waals surface area (Å²) < 4.78 is 0. The number of likely N-dealkylation sites (tertiary alicyclic amines) is 2. The van der Waals surface area contributed by atoms with Gasteiger partial charge in [-0.3, -0.25) is 4.90 Å². The molecule has 2 aliphatic heterocycles. The fourth-order valence-electron chi connectivity index (χ4n) is 4.81. The molecule has 2 saturated heterocycles. The van der Waals surface area contributed by atoms with Crippen molar-refractivity contribution in [2.24, 2.45) is 0 Å². The molecule has 0 radical (unpaired) electrons. The maximum absolute atomic E-state index is 13.4. The Balaban J connectivity index is 1.41. The summed E-state index contributed by atoms with van der Waals surface area (Å²) in [5, 5.41) is 3.16. The number of piperidine rings is 2. The molecule has 2 heterocycles. The van der Waals surface area contributed by atoms with Gasteiger partial charge in [0, 0.05) is 37.4 Å². The molecule has 0 spiro atoms. The number of hydrogen-bond donors (Lipinski definition) is 1. The molecular formula is C25H34N4O. The molecule has 0 aliphatic carbocycles. The van der Waals surface area contributed by atoms with Crippen molar-refractivity contribution >= 4 is 11.7 Å². The normalized spacial score (nSPS) is 19.5. The van der Waals surface area contributed by atoms with Crippen molar-refractivity contribution in [1.29, 1.82) is 0 Å². The van der Waals surface area contributed by atoms with Gasteiger partial charge in [0.05, 0.1) is 0 Å². The quantitative estimate of drug-likeness (QED) is 0.806. The molecule has 2 amide bonds. The van der Waals surface area contributed by atoms with Crippen LogP contribution < -0.4 is 5.32 Å². The van der Waals surface area contributed by atoms with E-state index < -0.39 is 0 Å². The van der Waals surface area contributed by atoms with E-state index in [1.165, 1.54) is 5.56 Å². The number of hydrogen-bond acceptors (Lipinski definition) is 3. The zero-order chi connectivity index (χ0) is 20.8. The smallest absolute Gasteiger partial charge is 0.318 e. The number of carbonyl (C=O) groups is 1. The number of urea groups is 1. The van der Waals surface area contributed by atoms with Gasteiger partial charge in [-0.25, -0.2) is 4.79 Å². The minimum atomic E-state index is 0.0669. The van der Waals surface area contributed by atoms with Crippen molar-refractivity contribution < 1.29 is 4.79 Å². The first-order chi connectivity index (χ1) is 14.7. The van der Waals surface area contributed by atoms with Gasteiger partial charge in [0.15, 0.2) is 0 Å². The first kappa shape index (κ1) is 20.9. The Bertz CT molecular complexity index is 781. The van der Waals surface area contributed by atoms with Crippen LogP contribution in [0.15, 0.2) is 60.7 Å². The molecule has 0 aromatic heterocycles. The van der Waals surface area contributed by atoms with E-state index in [-0.39, 0.29) is 6.03 Å². The molecule has 5 nitrogen and oxygen atoms in total. The summed E-state index contributed by atoms with van der Waals surface area (Å²) in [6.07, 6.45) is 4.20. The van der Waals surface area contributed by atoms with Gasteiger partial charge in [-0.1, -0.05) is 48.5 Å². The average molecular weight is 407 g/mol. The van der Waals surface area contributed by atoms with Crippen LogP contribution in [0.25, 0.3) is 0 Å². The number of rotatable bonds is 5. The van der Waals surface area contributed by atoms with Crippen molar-refractivity contribution in [2.75, 3.05) is 38.5 Å². The van der Waals surface area contributed by atoms with Gasteiger partial charge in [-0.2, -0.15) is 0 Å². The minimum absolute atomic E-state index is 0.0669. The highest BCUT2D eigenvalue weighted by atomic mass is 16.2. The third-order valence-electron chi connectivity index (χ3n) is 6.54. The molecule has 2 aliphatic rings. The third-order valence-corrected chi connectivity index (χ3v) is 6.54. The van der Waals surface area contributed by atoms with Gasteiger partial charge in [-0.15, -0.1) is 0 Å². The van der Waals surface area contributed by atoms with Crippen LogP contribution in [-0.4, -0.2) is 66.0 Å². The molecule has 4 rings (SSSR count). The van der Waals surface area contributed by atoms with E-state index in [0.29, 0.717) is 12.1 Å². The lowest BCUT2D eigenvalue weighted by molar-refractivity contribution is 0.0732. The lowest BCUT2D eigenvalue weighted by atomic mass is 9.96. The van der Waals surface area contributed by atoms with E-state index in [0.717, 1.165) is 64.1 Å². The average Bonchev–Trinajstić information content (AvgIpc) is 2.78. The highest BCUT2D eigenvalue weighted by molar-refractivity contribution is 5.89. The lowest BCUT2D eigenvalue weighted by Crippen LogP contribution is -2.55. The van der Waals surface area contributed by atoms with Crippen molar-refractivity contribution in [2.45, 2.75) is 44.3 Å². The molecule has 160 valence electrons. The van der Waals surface area contributed by atoms with Gasteiger partial charge in [0.1, 0.15) is 0 Å². The zero-order valence-corrected chi connectivity index (χ0v) is 18.0. The Hall–Kier alpha value is -2.37. The molecule has 0 unspecified atom stereocenters. The van der Waals surface area contributed by atoms with Crippen LogP contribution >= 0.6 is 0 Å². The van der Waals surface area contributed by atoms with Gasteiger partial charge in [0.25, 0.3) is 0 Å². The molecule has 2 aromatic carbocycles. The summed E-state index contributed by atoms with van der Waals surface area (Å²) in [5.74, 6) is 0. The summed E-state index contributed by atoms with van der Waals surface area (Å²) in [6.45, 7) is 5.21. The number of nitrogens with zero attached hydrogens (tertiary/aromatic N) is 3. The summed E-state index contributed by atoms with van der Waals surface area (Å²) in [4.78, 5) is 20.4. The van der Waals surface area contributed by atoms with Crippen LogP contribution in [0.4, 0.5) is 10.5 Å². The van der Waals surface area contributed by atoms with Gasteiger partial charge in [0.2, 0.25) is 0 Å². The maximum atomic E-state index is 13.4. The molecule has 0 atom stereocenters. The van der Waals surface area contributed by atoms with Gasteiger partial charge in [-0.05, 0) is 63.5 Å². The summed E-state index contributed by atoms with van der Waals surface area (Å²) >= 11 is 0. The van der Waals surface area contributed by atoms with E-state index in [9.17, 15) is 4.79 Å². The van der Waals surface area contributed by atoms with Crippen molar-refractivity contribution in [3.05, 3.63) is 66.2 Å². The monoisotopic (exact) mass is 406 g/mol. The minimum Gasteiger partial charge on any atom is -0.318 e. The standard InChI is InChI=1S/C25H34N4O/c1-27-16-12-23(13-17-27)29(25(30)26-22-10-6-3-7-11-22)24-14-18-28(19-15-24)20-21-8-4-2-5-9-21/h2-11,23-24H,12-20H2,1H3,(H,26,30). The van der Waals surface area contributed by atoms with E-state index in [2.05, 4.69) is 57.4 Å². The molecule has 5 heteroatoms. The van der Waals surface area contributed by atoms with Crippen LogP contribution in [0.2, 0.25) is 0 Å². The Morgan fingerprint density at radius 1 is 0.867 bits per heavy atom. The summed E-state index contributed by atoms with van der Waals surface area (Å²) in [7, 11) is 2.17. The number of amides is 2. The molecule has 1 N–H and O–H groups in total. The third kappa shape index (κ3) is 5.41. The van der Waals surface area contributed by atoms with E-state index >= 15 is 0 Å². The SMILES string of the molecule is CN1CCC(N(C(=O)Nc2ccccc2)C2CCN(Cc3ccccc3)CC2)CC1. The number of nitrogens with one attached hydrogen (secondary N) is 1. The van der Waals surface area contributed by atoms with Crippen LogP contribution in [0.5, 0.6) is 0 Å². The Morgan fingerprint density at radius 2 is 1.40 bits per heavy atom. The first-order valence-corrected chi connectivity index (χ1v) is 11.3. The Kier molecular flexibility index (Phi) is 7.03. The largest absolute Gasteiger partial charge is 0.322 e. The number of benzene rings is 2. The summed E-state index contributed by atoms with van der Waals surface area (Å²) in [5.41, 5.74) is 2.24.